The number of fused-ring (bicyclic) bond motifs is 1. The second-order valence-electron chi connectivity index (χ2n) is 5.38. The van der Waals surface area contributed by atoms with Crippen LogP contribution in [0.5, 0.6) is 0 Å². The summed E-state index contributed by atoms with van der Waals surface area (Å²) in [6.45, 7) is 6.82. The Kier molecular flexibility index (Phi) is 3.17. The molecule has 96 valence electrons. The summed E-state index contributed by atoms with van der Waals surface area (Å²) in [6, 6.07) is 0. The number of halogens is 1. The van der Waals surface area contributed by atoms with E-state index in [1.807, 2.05) is 18.6 Å². The molecule has 5 heteroatoms. The topological polar surface area (TPSA) is 33.4 Å². The van der Waals surface area contributed by atoms with Crippen LogP contribution in [-0.4, -0.2) is 27.5 Å². The molecule has 0 amide bonds. The van der Waals surface area contributed by atoms with Gasteiger partial charge in [-0.3, -0.25) is 4.40 Å². The highest BCUT2D eigenvalue weighted by atomic mass is 127. The number of rotatable bonds is 1. The van der Waals surface area contributed by atoms with Crippen molar-refractivity contribution in [3.8, 4) is 0 Å². The van der Waals surface area contributed by atoms with E-state index in [2.05, 4.69) is 55.7 Å². The Labute approximate surface area is 121 Å². The lowest BCUT2D eigenvalue weighted by Crippen LogP contribution is -2.40. The lowest BCUT2D eigenvalue weighted by Gasteiger charge is -2.35. The normalized spacial score (nSPS) is 24.7. The molecule has 3 rings (SSSR count). The molecule has 2 aromatic rings. The first-order valence-corrected chi connectivity index (χ1v) is 7.45. The first-order chi connectivity index (χ1) is 8.65. The third-order valence-electron chi connectivity index (χ3n) is 3.51. The lowest BCUT2D eigenvalue weighted by molar-refractivity contribution is 0.353. The van der Waals surface area contributed by atoms with Crippen molar-refractivity contribution in [3.05, 3.63) is 22.2 Å². The van der Waals surface area contributed by atoms with Crippen LogP contribution in [0.1, 0.15) is 20.3 Å². The van der Waals surface area contributed by atoms with E-state index in [0.717, 1.165) is 40.1 Å². The van der Waals surface area contributed by atoms with Gasteiger partial charge < -0.3 is 4.90 Å². The van der Waals surface area contributed by atoms with Crippen molar-refractivity contribution in [2.24, 2.45) is 11.8 Å². The van der Waals surface area contributed by atoms with Crippen LogP contribution in [0.2, 0.25) is 0 Å². The third-order valence-corrected chi connectivity index (χ3v) is 4.28. The van der Waals surface area contributed by atoms with Gasteiger partial charge in [-0.05, 0) is 40.8 Å². The van der Waals surface area contributed by atoms with Gasteiger partial charge in [0.25, 0.3) is 0 Å². The zero-order valence-electron chi connectivity index (χ0n) is 10.7. The molecule has 0 radical (unpaired) electrons. The van der Waals surface area contributed by atoms with Crippen LogP contribution in [0.25, 0.3) is 5.65 Å². The Hall–Kier alpha value is -0.850. The van der Waals surface area contributed by atoms with Gasteiger partial charge in [0.05, 0.1) is 3.57 Å². The predicted molar refractivity (Wildman–Crippen MR) is 80.9 cm³/mol. The molecule has 1 fully saturated rings. The van der Waals surface area contributed by atoms with Gasteiger partial charge >= 0.3 is 0 Å². The molecule has 1 saturated heterocycles. The van der Waals surface area contributed by atoms with E-state index in [0.29, 0.717) is 0 Å². The highest BCUT2D eigenvalue weighted by Crippen LogP contribution is 2.26. The molecule has 0 saturated carbocycles. The molecule has 2 unspecified atom stereocenters. The van der Waals surface area contributed by atoms with Crippen LogP contribution in [0.4, 0.5) is 5.95 Å². The van der Waals surface area contributed by atoms with Gasteiger partial charge in [0, 0.05) is 31.7 Å². The third kappa shape index (κ3) is 2.08. The second kappa shape index (κ2) is 4.68. The summed E-state index contributed by atoms with van der Waals surface area (Å²) in [5.41, 5.74) is 1.01. The van der Waals surface area contributed by atoms with Gasteiger partial charge in [0.2, 0.25) is 5.95 Å². The van der Waals surface area contributed by atoms with Gasteiger partial charge in [0.15, 0.2) is 5.65 Å². The van der Waals surface area contributed by atoms with Crippen molar-refractivity contribution in [2.45, 2.75) is 20.3 Å². The molecule has 1 aliphatic heterocycles. The van der Waals surface area contributed by atoms with E-state index in [9.17, 15) is 0 Å². The number of nitrogens with zero attached hydrogens (tertiary/aromatic N) is 4. The molecular formula is C13H17IN4. The van der Waals surface area contributed by atoms with E-state index >= 15 is 0 Å². The van der Waals surface area contributed by atoms with Crippen LogP contribution in [-0.2, 0) is 0 Å². The molecule has 4 nitrogen and oxygen atoms in total. The van der Waals surface area contributed by atoms with E-state index < -0.39 is 0 Å². The minimum Gasteiger partial charge on any atom is -0.341 e. The van der Waals surface area contributed by atoms with Gasteiger partial charge in [-0.15, -0.1) is 0 Å². The average Bonchev–Trinajstić information content (AvgIpc) is 2.77. The Balaban J connectivity index is 2.03. The van der Waals surface area contributed by atoms with Crippen molar-refractivity contribution < 1.29 is 0 Å². The predicted octanol–water partition coefficient (Wildman–Crippen LogP) is 2.82. The molecule has 0 N–H and O–H groups in total. The maximum absolute atomic E-state index is 4.61. The summed E-state index contributed by atoms with van der Waals surface area (Å²) in [5.74, 6) is 2.49. The van der Waals surface area contributed by atoms with Crippen LogP contribution in [0.15, 0.2) is 18.6 Å². The molecule has 1 aliphatic rings. The van der Waals surface area contributed by atoms with Crippen LogP contribution >= 0.6 is 22.6 Å². The largest absolute Gasteiger partial charge is 0.341 e. The Morgan fingerprint density at radius 2 is 1.94 bits per heavy atom. The van der Waals surface area contributed by atoms with Crippen LogP contribution in [0.3, 0.4) is 0 Å². The highest BCUT2D eigenvalue weighted by Gasteiger charge is 2.24. The minimum atomic E-state index is 0.730. The Morgan fingerprint density at radius 3 is 2.67 bits per heavy atom. The van der Waals surface area contributed by atoms with E-state index in [1.54, 1.807) is 0 Å². The van der Waals surface area contributed by atoms with E-state index in [4.69, 9.17) is 0 Å². The van der Waals surface area contributed by atoms with Crippen molar-refractivity contribution >= 4 is 34.2 Å². The monoisotopic (exact) mass is 356 g/mol. The van der Waals surface area contributed by atoms with Gasteiger partial charge in [-0.25, -0.2) is 9.97 Å². The minimum absolute atomic E-state index is 0.730. The molecule has 2 atom stereocenters. The number of anilines is 1. The smallest absolute Gasteiger partial charge is 0.211 e. The van der Waals surface area contributed by atoms with Crippen LogP contribution < -0.4 is 4.90 Å². The number of piperidine rings is 1. The Bertz CT molecular complexity index is 555. The fourth-order valence-electron chi connectivity index (χ4n) is 2.94. The van der Waals surface area contributed by atoms with Crippen molar-refractivity contribution in [2.75, 3.05) is 18.0 Å². The van der Waals surface area contributed by atoms with Crippen molar-refractivity contribution in [1.82, 2.24) is 14.4 Å². The van der Waals surface area contributed by atoms with Gasteiger partial charge in [-0.1, -0.05) is 13.8 Å². The maximum Gasteiger partial charge on any atom is 0.211 e. The van der Waals surface area contributed by atoms with Crippen molar-refractivity contribution in [1.29, 1.82) is 0 Å². The van der Waals surface area contributed by atoms with E-state index in [-0.39, 0.29) is 0 Å². The van der Waals surface area contributed by atoms with Gasteiger partial charge in [0.1, 0.15) is 0 Å². The summed E-state index contributed by atoms with van der Waals surface area (Å²) in [4.78, 5) is 11.4. The zero-order valence-corrected chi connectivity index (χ0v) is 12.8. The fraction of sp³-hybridized carbons (Fsp3) is 0.538. The first kappa shape index (κ1) is 12.2. The Morgan fingerprint density at radius 1 is 1.22 bits per heavy atom. The highest BCUT2D eigenvalue weighted by molar-refractivity contribution is 14.1. The quantitative estimate of drug-likeness (QED) is 0.737. The molecule has 18 heavy (non-hydrogen) atoms. The summed E-state index contributed by atoms with van der Waals surface area (Å²) >= 11 is 2.29. The summed E-state index contributed by atoms with van der Waals surface area (Å²) in [7, 11) is 0. The molecule has 0 aromatic carbocycles. The molecule has 2 aromatic heterocycles. The number of hydrogen-bond acceptors (Lipinski definition) is 3. The number of hydrogen-bond donors (Lipinski definition) is 0. The summed E-state index contributed by atoms with van der Waals surface area (Å²) in [6.07, 6.45) is 7.08. The fourth-order valence-corrected chi connectivity index (χ4v) is 3.47. The maximum atomic E-state index is 4.61. The molecule has 0 spiro atoms. The SMILES string of the molecule is CC1CC(C)CN(c2ncc(I)c3nccn23)C1. The zero-order chi connectivity index (χ0) is 12.7. The first-order valence-electron chi connectivity index (χ1n) is 6.37. The summed E-state index contributed by atoms with van der Waals surface area (Å²) in [5, 5.41) is 0. The number of aromatic nitrogens is 3. The van der Waals surface area contributed by atoms with Crippen LogP contribution in [0, 0.1) is 15.4 Å². The second-order valence-corrected chi connectivity index (χ2v) is 6.54. The average molecular weight is 356 g/mol. The molecule has 0 aliphatic carbocycles. The molecule has 0 bridgehead atoms. The van der Waals surface area contributed by atoms with E-state index in [1.165, 1.54) is 6.42 Å². The lowest BCUT2D eigenvalue weighted by atomic mass is 9.92. The standard InChI is InChI=1S/C13H17IN4/c1-9-5-10(2)8-17(7-9)13-16-6-11(14)12-15-3-4-18(12)13/h3-4,6,9-10H,5,7-8H2,1-2H3. The molecule has 3 heterocycles. The summed E-state index contributed by atoms with van der Waals surface area (Å²) < 4.78 is 3.20. The molecular weight excluding hydrogens is 339 g/mol. The van der Waals surface area contributed by atoms with Gasteiger partial charge in [-0.2, -0.15) is 0 Å². The number of imidazole rings is 1. The van der Waals surface area contributed by atoms with Crippen molar-refractivity contribution in [3.63, 3.8) is 0 Å².